The molecule has 1 aromatic carbocycles. The maximum Gasteiger partial charge on any atom is 0.341 e. The van der Waals surface area contributed by atoms with Gasteiger partial charge in [0.1, 0.15) is 6.73 Å². The van der Waals surface area contributed by atoms with Crippen LogP contribution >= 0.6 is 0 Å². The molecule has 1 N–H and O–H groups in total. The molecule has 0 aliphatic carbocycles. The highest BCUT2D eigenvalue weighted by atomic mass is 28.3. The second-order valence-corrected chi connectivity index (χ2v) is 14.3. The van der Waals surface area contributed by atoms with Gasteiger partial charge >= 0.3 is 5.97 Å². The standard InChI is InChI=1S/C22H31N5O4Si/c1-6-23-17-8-9-19-18(12-17)20(28)26(15-30-10-11-32(3,4)5)22(25-19)27-14-16(13-24-27)21(29)31-7-2/h8-9,12-14,23H,6-7,10-11,15H2,1-5H3. The van der Waals surface area contributed by atoms with Gasteiger partial charge in [0, 0.05) is 33.1 Å². The minimum Gasteiger partial charge on any atom is -0.462 e. The summed E-state index contributed by atoms with van der Waals surface area (Å²) in [6, 6.07) is 6.45. The van der Waals surface area contributed by atoms with Crippen LogP contribution in [0.25, 0.3) is 16.9 Å². The third kappa shape index (κ3) is 5.63. The van der Waals surface area contributed by atoms with E-state index in [1.165, 1.54) is 21.6 Å². The third-order valence-corrected chi connectivity index (χ3v) is 6.53. The largest absolute Gasteiger partial charge is 0.462 e. The second-order valence-electron chi connectivity index (χ2n) is 8.65. The first-order chi connectivity index (χ1) is 15.2. The molecule has 2 heterocycles. The van der Waals surface area contributed by atoms with Crippen molar-refractivity contribution in [2.75, 3.05) is 25.1 Å². The molecule has 0 amide bonds. The van der Waals surface area contributed by atoms with E-state index >= 15 is 0 Å². The van der Waals surface area contributed by atoms with E-state index in [4.69, 9.17) is 9.47 Å². The fourth-order valence-electron chi connectivity index (χ4n) is 3.10. The van der Waals surface area contributed by atoms with Crippen molar-refractivity contribution < 1.29 is 14.3 Å². The van der Waals surface area contributed by atoms with Crippen LogP contribution in [0.5, 0.6) is 0 Å². The van der Waals surface area contributed by atoms with Gasteiger partial charge in [-0.05, 0) is 38.1 Å². The Kier molecular flexibility index (Phi) is 7.47. The van der Waals surface area contributed by atoms with E-state index < -0.39 is 14.0 Å². The number of hydrogen-bond acceptors (Lipinski definition) is 7. The Hall–Kier alpha value is -2.98. The average Bonchev–Trinajstić information content (AvgIpc) is 3.22. The molecule has 32 heavy (non-hydrogen) atoms. The molecule has 172 valence electrons. The number of nitrogens with zero attached hydrogens (tertiary/aromatic N) is 4. The van der Waals surface area contributed by atoms with Gasteiger partial charge in [0.05, 0.1) is 29.3 Å². The first-order valence-corrected chi connectivity index (χ1v) is 14.5. The highest BCUT2D eigenvalue weighted by Crippen LogP contribution is 2.17. The number of hydrogen-bond donors (Lipinski definition) is 1. The van der Waals surface area contributed by atoms with Gasteiger partial charge in [-0.25, -0.2) is 14.5 Å². The number of benzene rings is 1. The van der Waals surface area contributed by atoms with Crippen LogP contribution in [-0.4, -0.2) is 53.1 Å². The number of ether oxygens (including phenoxy) is 2. The lowest BCUT2D eigenvalue weighted by atomic mass is 10.2. The Morgan fingerprint density at radius 2 is 2.00 bits per heavy atom. The summed E-state index contributed by atoms with van der Waals surface area (Å²) >= 11 is 0. The predicted octanol–water partition coefficient (Wildman–Crippen LogP) is 3.50. The molecule has 0 unspecified atom stereocenters. The fourth-order valence-corrected chi connectivity index (χ4v) is 3.86. The molecule has 0 aliphatic heterocycles. The Morgan fingerprint density at radius 1 is 1.22 bits per heavy atom. The molecule has 0 saturated carbocycles. The van der Waals surface area contributed by atoms with E-state index in [2.05, 4.69) is 35.0 Å². The van der Waals surface area contributed by atoms with Crippen LogP contribution in [0.3, 0.4) is 0 Å². The normalized spacial score (nSPS) is 11.7. The van der Waals surface area contributed by atoms with E-state index in [1.54, 1.807) is 19.1 Å². The van der Waals surface area contributed by atoms with Crippen LogP contribution in [0.2, 0.25) is 25.7 Å². The molecule has 0 atom stereocenters. The summed E-state index contributed by atoms with van der Waals surface area (Å²) in [6.45, 7) is 12.2. The summed E-state index contributed by atoms with van der Waals surface area (Å²) in [4.78, 5) is 30.1. The monoisotopic (exact) mass is 457 g/mol. The van der Waals surface area contributed by atoms with Crippen LogP contribution in [0, 0.1) is 0 Å². The zero-order valence-corrected chi connectivity index (χ0v) is 20.3. The smallest absolute Gasteiger partial charge is 0.341 e. The molecular weight excluding hydrogens is 426 g/mol. The van der Waals surface area contributed by atoms with Crippen molar-refractivity contribution in [2.24, 2.45) is 0 Å². The summed E-state index contributed by atoms with van der Waals surface area (Å²) in [5, 5.41) is 7.95. The van der Waals surface area contributed by atoms with Crippen LogP contribution in [0.4, 0.5) is 5.69 Å². The van der Waals surface area contributed by atoms with Gasteiger partial charge in [0.2, 0.25) is 5.95 Å². The van der Waals surface area contributed by atoms with Gasteiger partial charge in [0.25, 0.3) is 5.56 Å². The lowest BCUT2D eigenvalue weighted by Crippen LogP contribution is -2.28. The van der Waals surface area contributed by atoms with E-state index in [1.807, 2.05) is 13.0 Å². The summed E-state index contributed by atoms with van der Waals surface area (Å²) in [5.74, 6) is -0.197. The number of esters is 1. The van der Waals surface area contributed by atoms with Gasteiger partial charge in [-0.1, -0.05) is 19.6 Å². The van der Waals surface area contributed by atoms with Crippen LogP contribution in [0.1, 0.15) is 24.2 Å². The highest BCUT2D eigenvalue weighted by Gasteiger charge is 2.18. The molecule has 0 aliphatic rings. The highest BCUT2D eigenvalue weighted by molar-refractivity contribution is 6.76. The minimum absolute atomic E-state index is 0.0433. The summed E-state index contributed by atoms with van der Waals surface area (Å²) in [5.41, 5.74) is 1.44. The van der Waals surface area contributed by atoms with E-state index in [0.717, 1.165) is 18.3 Å². The van der Waals surface area contributed by atoms with Crippen LogP contribution in [-0.2, 0) is 16.2 Å². The molecular formula is C22H31N5O4Si. The van der Waals surface area contributed by atoms with Gasteiger partial charge in [-0.15, -0.1) is 0 Å². The lowest BCUT2D eigenvalue weighted by molar-refractivity contribution is 0.0526. The van der Waals surface area contributed by atoms with E-state index in [-0.39, 0.29) is 30.4 Å². The number of aromatic nitrogens is 4. The quantitative estimate of drug-likeness (QED) is 0.282. The molecule has 10 heteroatoms. The zero-order chi connectivity index (χ0) is 23.3. The summed E-state index contributed by atoms with van der Waals surface area (Å²) < 4.78 is 13.8. The Morgan fingerprint density at radius 3 is 2.69 bits per heavy atom. The molecule has 0 bridgehead atoms. The number of rotatable bonds is 10. The van der Waals surface area contributed by atoms with Gasteiger partial charge in [-0.3, -0.25) is 9.36 Å². The Bertz CT molecular complexity index is 1150. The van der Waals surface area contributed by atoms with Gasteiger partial charge in [-0.2, -0.15) is 5.10 Å². The number of carbonyl (C=O) groups excluding carboxylic acids is 1. The number of anilines is 1. The Labute approximate surface area is 188 Å². The number of carbonyl (C=O) groups is 1. The molecule has 0 saturated heterocycles. The van der Waals surface area contributed by atoms with Crippen molar-refractivity contribution >= 4 is 30.6 Å². The van der Waals surface area contributed by atoms with Gasteiger partial charge in [0.15, 0.2) is 0 Å². The number of nitrogens with one attached hydrogen (secondary N) is 1. The predicted molar refractivity (Wildman–Crippen MR) is 127 cm³/mol. The van der Waals surface area contributed by atoms with E-state index in [9.17, 15) is 9.59 Å². The maximum atomic E-state index is 13.4. The maximum absolute atomic E-state index is 13.4. The van der Waals surface area contributed by atoms with Crippen molar-refractivity contribution in [1.29, 1.82) is 0 Å². The first-order valence-electron chi connectivity index (χ1n) is 10.8. The molecule has 2 aromatic heterocycles. The summed E-state index contributed by atoms with van der Waals surface area (Å²) in [7, 11) is -1.27. The van der Waals surface area contributed by atoms with Crippen molar-refractivity contribution in [1.82, 2.24) is 19.3 Å². The molecule has 3 aromatic rings. The van der Waals surface area contributed by atoms with Crippen molar-refractivity contribution in [3.8, 4) is 5.95 Å². The fraction of sp³-hybridized carbons (Fsp3) is 0.455. The molecule has 0 fully saturated rings. The van der Waals surface area contributed by atoms with E-state index in [0.29, 0.717) is 17.5 Å². The SMILES string of the molecule is CCNc1ccc2nc(-n3cc(C(=O)OCC)cn3)n(COCC[Si](C)(C)C)c(=O)c2c1. The minimum atomic E-state index is -1.27. The lowest BCUT2D eigenvalue weighted by Gasteiger charge is -2.17. The molecule has 3 rings (SSSR count). The van der Waals surface area contributed by atoms with Crippen LogP contribution in [0.15, 0.2) is 35.4 Å². The first kappa shape index (κ1) is 23.7. The molecule has 0 spiro atoms. The molecule has 0 radical (unpaired) electrons. The molecule has 9 nitrogen and oxygen atoms in total. The zero-order valence-electron chi connectivity index (χ0n) is 19.3. The van der Waals surface area contributed by atoms with Gasteiger partial charge < -0.3 is 14.8 Å². The second kappa shape index (κ2) is 10.1. The summed E-state index contributed by atoms with van der Waals surface area (Å²) in [6.07, 6.45) is 2.91. The van der Waals surface area contributed by atoms with Crippen LogP contribution < -0.4 is 10.9 Å². The third-order valence-electron chi connectivity index (χ3n) is 4.83. The van der Waals surface area contributed by atoms with Crippen molar-refractivity contribution in [3.63, 3.8) is 0 Å². The van der Waals surface area contributed by atoms with Crippen molar-refractivity contribution in [3.05, 3.63) is 46.5 Å². The van der Waals surface area contributed by atoms with Crippen molar-refractivity contribution in [2.45, 2.75) is 46.3 Å². The average molecular weight is 458 g/mol. The topological polar surface area (TPSA) is 100 Å². The Balaban J connectivity index is 2.03. The number of fused-ring (bicyclic) bond motifs is 1.